The minimum absolute atomic E-state index is 0. The molecule has 7 aromatic carbocycles. The Morgan fingerprint density at radius 1 is 0.486 bits per heavy atom. The molecule has 0 fully saturated rings. The molecule has 0 unspecified atom stereocenters. The van der Waals surface area contributed by atoms with Gasteiger partial charge in [0.05, 0.1) is 0 Å². The number of rotatable bonds is 7. The molecule has 5 nitrogen and oxygen atoms in total. The molecule has 9 aromatic rings. The van der Waals surface area contributed by atoms with E-state index in [2.05, 4.69) is 250 Å². The fourth-order valence-electron chi connectivity index (χ4n) is 9.48. The van der Waals surface area contributed by atoms with Gasteiger partial charge in [0.15, 0.2) is 0 Å². The van der Waals surface area contributed by atoms with Gasteiger partial charge in [-0.25, -0.2) is 4.98 Å². The second-order valence-electron chi connectivity index (χ2n) is 22.8. The summed E-state index contributed by atoms with van der Waals surface area (Å²) in [6, 6.07) is 61.8. The van der Waals surface area contributed by atoms with Crippen molar-refractivity contribution >= 4 is 44.6 Å². The number of benzene rings is 7. The van der Waals surface area contributed by atoms with E-state index in [9.17, 15) is 0 Å². The first-order valence-electron chi connectivity index (χ1n) is 24.3. The molecule has 358 valence electrons. The molecular formula is C64H63N4OPt-3. The normalized spacial score (nSPS) is 13.2. The van der Waals surface area contributed by atoms with Crippen molar-refractivity contribution in [1.29, 1.82) is 0 Å². The molecule has 0 aliphatic carbocycles. The maximum absolute atomic E-state index is 6.76. The van der Waals surface area contributed by atoms with Gasteiger partial charge in [-0.3, -0.25) is 0 Å². The van der Waals surface area contributed by atoms with Crippen LogP contribution in [0.3, 0.4) is 0 Å². The average Bonchev–Trinajstić information content (AvgIpc) is 3.86. The Labute approximate surface area is 430 Å². The van der Waals surface area contributed by atoms with Crippen molar-refractivity contribution in [2.24, 2.45) is 0 Å². The molecular weight excluding hydrogens is 1040 g/mol. The van der Waals surface area contributed by atoms with Crippen LogP contribution in [-0.2, 0) is 42.7 Å². The van der Waals surface area contributed by atoms with Crippen molar-refractivity contribution < 1.29 is 25.8 Å². The molecule has 6 heteroatoms. The van der Waals surface area contributed by atoms with Gasteiger partial charge in [0.25, 0.3) is 0 Å². The minimum atomic E-state index is -0.146. The molecule has 1 aliphatic heterocycles. The van der Waals surface area contributed by atoms with E-state index >= 15 is 0 Å². The van der Waals surface area contributed by atoms with Gasteiger partial charge < -0.3 is 19.1 Å². The van der Waals surface area contributed by atoms with Gasteiger partial charge in [0.2, 0.25) is 0 Å². The van der Waals surface area contributed by atoms with Gasteiger partial charge in [-0.15, -0.1) is 48.1 Å². The maximum atomic E-state index is 6.76. The van der Waals surface area contributed by atoms with Crippen molar-refractivity contribution in [1.82, 2.24) is 9.55 Å². The van der Waals surface area contributed by atoms with Crippen molar-refractivity contribution in [2.75, 3.05) is 9.80 Å². The van der Waals surface area contributed by atoms with Crippen LogP contribution in [0.2, 0.25) is 0 Å². The van der Waals surface area contributed by atoms with E-state index in [1.54, 1.807) is 0 Å². The van der Waals surface area contributed by atoms with Crippen LogP contribution in [0.1, 0.15) is 105 Å². The number of hydrogen-bond acceptors (Lipinski definition) is 4. The second kappa shape index (κ2) is 18.1. The van der Waals surface area contributed by atoms with Crippen LogP contribution in [0.5, 0.6) is 11.5 Å². The van der Waals surface area contributed by atoms with E-state index in [1.165, 1.54) is 33.4 Å². The summed E-state index contributed by atoms with van der Waals surface area (Å²) in [6.07, 6.45) is 2.05. The van der Waals surface area contributed by atoms with Crippen molar-refractivity contribution in [3.05, 3.63) is 199 Å². The third-order valence-corrected chi connectivity index (χ3v) is 13.5. The Balaban J connectivity index is 0.00000608. The van der Waals surface area contributed by atoms with Crippen molar-refractivity contribution in [3.8, 4) is 39.6 Å². The van der Waals surface area contributed by atoms with Gasteiger partial charge in [0.1, 0.15) is 5.82 Å². The molecule has 0 radical (unpaired) electrons. The first-order chi connectivity index (χ1) is 32.7. The van der Waals surface area contributed by atoms with Crippen molar-refractivity contribution in [3.63, 3.8) is 0 Å². The summed E-state index contributed by atoms with van der Waals surface area (Å²) in [4.78, 5) is 9.76. The fraction of sp³-hybridized carbons (Fsp3) is 0.250. The first kappa shape index (κ1) is 48.6. The SMILES string of the molecule is CC(C)(C)c1ccc(-c2cnc(-n3c4[c-]c(Oc5[c-]c(N6[CH-]N(c7cc(C(C)(C)C)cc(C(C)(C)C)c7)c7ccc(-c8ccccc8)cc76)ccc5)ccc4c4ccccc43)cc2C(C)(C)C)cc1.[Pt]. The largest absolute Gasteiger partial charge is 0.509 e. The number of hydrogen-bond donors (Lipinski definition) is 0. The molecule has 0 N–H and O–H groups in total. The Morgan fingerprint density at radius 3 is 1.80 bits per heavy atom. The maximum Gasteiger partial charge on any atom is 0.135 e. The van der Waals surface area contributed by atoms with E-state index in [-0.39, 0.29) is 42.7 Å². The molecule has 1 aliphatic rings. The van der Waals surface area contributed by atoms with Crippen LogP contribution >= 0.6 is 0 Å². The molecule has 70 heavy (non-hydrogen) atoms. The molecule has 0 atom stereocenters. The molecule has 0 spiro atoms. The van der Waals surface area contributed by atoms with Gasteiger partial charge >= 0.3 is 0 Å². The average molecular weight is 1100 g/mol. The standard InChI is InChI=1S/C64H63N4O.Pt/c1-61(2,3)45-28-25-43(26-29-45)54-40-65-60(39-55(54)64(10,11)12)68-56-24-17-16-23-52(56)53-31-30-51(38-58(53)68)69-50-22-18-21-48(37-50)66-41-67(49-35-46(62(4,5)6)34-47(36-49)63(7,8)9)57-32-27-44(33-59(57)66)42-19-14-13-15-20-42;/h13-36,39-41H,1-12H3;/q-3;. The molecule has 2 aromatic heterocycles. The molecule has 0 bridgehead atoms. The molecule has 0 saturated heterocycles. The Hall–Kier alpha value is -6.42. The number of para-hydroxylation sites is 1. The van der Waals surface area contributed by atoms with Gasteiger partial charge in [-0.2, -0.15) is 12.1 Å². The van der Waals surface area contributed by atoms with Crippen LogP contribution in [-0.4, -0.2) is 9.55 Å². The van der Waals surface area contributed by atoms with Gasteiger partial charge in [0, 0.05) is 66.9 Å². The third kappa shape index (κ3) is 9.34. The molecule has 0 amide bonds. The number of ether oxygens (including phenoxy) is 1. The van der Waals surface area contributed by atoms with E-state index in [1.807, 2.05) is 24.4 Å². The summed E-state index contributed by atoms with van der Waals surface area (Å²) in [5.74, 6) is 2.03. The van der Waals surface area contributed by atoms with E-state index < -0.39 is 0 Å². The van der Waals surface area contributed by atoms with E-state index in [4.69, 9.17) is 9.72 Å². The summed E-state index contributed by atoms with van der Waals surface area (Å²) < 4.78 is 8.99. The minimum Gasteiger partial charge on any atom is -0.509 e. The predicted molar refractivity (Wildman–Crippen MR) is 290 cm³/mol. The zero-order chi connectivity index (χ0) is 48.6. The first-order valence-corrected chi connectivity index (χ1v) is 24.3. The van der Waals surface area contributed by atoms with Crippen LogP contribution in [0.4, 0.5) is 22.7 Å². The second-order valence-corrected chi connectivity index (χ2v) is 22.8. The van der Waals surface area contributed by atoms with Gasteiger partial charge in [-0.05, 0) is 102 Å². The summed E-state index contributed by atoms with van der Waals surface area (Å²) in [6.45, 7) is 29.5. The van der Waals surface area contributed by atoms with Crippen LogP contribution in [0, 0.1) is 18.8 Å². The van der Waals surface area contributed by atoms with Crippen LogP contribution < -0.4 is 14.5 Å². The molecule has 10 rings (SSSR count). The topological polar surface area (TPSA) is 33.5 Å². The monoisotopic (exact) mass is 1100 g/mol. The molecule has 0 saturated carbocycles. The van der Waals surface area contributed by atoms with Crippen LogP contribution in [0.25, 0.3) is 49.9 Å². The van der Waals surface area contributed by atoms with Crippen LogP contribution in [0.15, 0.2) is 158 Å². The summed E-state index contributed by atoms with van der Waals surface area (Å²) in [5.41, 5.74) is 15.8. The molecule has 3 heterocycles. The van der Waals surface area contributed by atoms with Crippen molar-refractivity contribution in [2.45, 2.75) is 105 Å². The predicted octanol–water partition coefficient (Wildman–Crippen LogP) is 17.5. The number of aromatic nitrogens is 2. The number of anilines is 4. The number of fused-ring (bicyclic) bond motifs is 4. The Kier molecular flexibility index (Phi) is 12.5. The summed E-state index contributed by atoms with van der Waals surface area (Å²) in [7, 11) is 0. The Bertz CT molecular complexity index is 3340. The smallest absolute Gasteiger partial charge is 0.135 e. The Morgan fingerprint density at radius 2 is 1.13 bits per heavy atom. The summed E-state index contributed by atoms with van der Waals surface area (Å²) in [5, 5.41) is 2.22. The third-order valence-electron chi connectivity index (χ3n) is 13.5. The zero-order valence-electron chi connectivity index (χ0n) is 42.6. The quantitative estimate of drug-likeness (QED) is 0.149. The number of pyridine rings is 1. The van der Waals surface area contributed by atoms with E-state index in [0.29, 0.717) is 11.5 Å². The van der Waals surface area contributed by atoms with Gasteiger partial charge in [-0.1, -0.05) is 174 Å². The fourth-order valence-corrected chi connectivity index (χ4v) is 9.48. The summed E-state index contributed by atoms with van der Waals surface area (Å²) >= 11 is 0. The number of nitrogens with zero attached hydrogens (tertiary/aromatic N) is 4. The van der Waals surface area contributed by atoms with E-state index in [0.717, 1.165) is 61.5 Å². The zero-order valence-corrected chi connectivity index (χ0v) is 44.9.